The number of ether oxygens (including phenoxy) is 1. The number of benzene rings is 3. The average Bonchev–Trinajstić information content (AvgIpc) is 3.05. The summed E-state index contributed by atoms with van der Waals surface area (Å²) in [6, 6.07) is 20.8. The number of nitrogens with zero attached hydrogens (tertiary/aromatic N) is 1. The number of para-hydroxylation sites is 2. The van der Waals surface area contributed by atoms with Gasteiger partial charge in [-0.05, 0) is 42.0 Å². The van der Waals surface area contributed by atoms with Crippen LogP contribution >= 0.6 is 0 Å². The van der Waals surface area contributed by atoms with E-state index in [-0.39, 0.29) is 18.2 Å². The van der Waals surface area contributed by atoms with Crippen molar-refractivity contribution in [1.29, 1.82) is 0 Å². The Kier molecular flexibility index (Phi) is 4.68. The molecule has 140 valence electrons. The third-order valence-corrected chi connectivity index (χ3v) is 4.47. The normalized spacial score (nSPS) is 10.8. The Balaban J connectivity index is 1.49. The number of fused-ring (bicyclic) bond motifs is 1. The lowest BCUT2D eigenvalue weighted by atomic mass is 10.1. The number of hydrogen-bond donors (Lipinski definition) is 2. The van der Waals surface area contributed by atoms with E-state index in [4.69, 9.17) is 4.74 Å². The molecule has 0 radical (unpaired) electrons. The Morgan fingerprint density at radius 1 is 1.04 bits per heavy atom. The van der Waals surface area contributed by atoms with Gasteiger partial charge in [0, 0.05) is 11.9 Å². The number of aryl methyl sites for hydroxylation is 1. The molecular weight excluding hydrogens is 354 g/mol. The molecule has 0 saturated carbocycles. The molecule has 0 aliphatic carbocycles. The van der Waals surface area contributed by atoms with Gasteiger partial charge in [-0.1, -0.05) is 42.5 Å². The first-order valence-electron chi connectivity index (χ1n) is 8.90. The Hall–Kier alpha value is -3.80. The summed E-state index contributed by atoms with van der Waals surface area (Å²) in [4.78, 5) is 27.1. The molecule has 0 bridgehead atoms. The van der Waals surface area contributed by atoms with E-state index in [1.807, 2.05) is 55.5 Å². The molecule has 1 amide bonds. The first-order chi connectivity index (χ1) is 13.6. The monoisotopic (exact) mass is 373 g/mol. The number of anilines is 1. The predicted molar refractivity (Wildman–Crippen MR) is 109 cm³/mol. The SMILES string of the molecule is Cc1c[nH]c(=O)n1-c1ccccc1NC(=O)COc1ccc2ccccc2c1. The second-order valence-corrected chi connectivity index (χ2v) is 6.43. The molecule has 1 aromatic heterocycles. The number of nitrogens with one attached hydrogen (secondary N) is 2. The average molecular weight is 373 g/mol. The summed E-state index contributed by atoms with van der Waals surface area (Å²) in [5.74, 6) is 0.321. The number of H-pyrrole nitrogens is 1. The number of amides is 1. The Morgan fingerprint density at radius 3 is 2.57 bits per heavy atom. The molecule has 4 aromatic rings. The van der Waals surface area contributed by atoms with Crippen LogP contribution in [0, 0.1) is 6.92 Å². The summed E-state index contributed by atoms with van der Waals surface area (Å²) in [6.45, 7) is 1.69. The fourth-order valence-electron chi connectivity index (χ4n) is 3.12. The topological polar surface area (TPSA) is 76.1 Å². The van der Waals surface area contributed by atoms with E-state index < -0.39 is 0 Å². The summed E-state index contributed by atoms with van der Waals surface area (Å²) >= 11 is 0. The van der Waals surface area contributed by atoms with Crippen LogP contribution in [0.4, 0.5) is 5.69 Å². The molecule has 1 heterocycles. The van der Waals surface area contributed by atoms with Crippen LogP contribution in [-0.4, -0.2) is 22.1 Å². The van der Waals surface area contributed by atoms with E-state index in [1.54, 1.807) is 24.4 Å². The largest absolute Gasteiger partial charge is 0.484 e. The van der Waals surface area contributed by atoms with Crippen LogP contribution in [-0.2, 0) is 4.79 Å². The molecule has 3 aromatic carbocycles. The summed E-state index contributed by atoms with van der Waals surface area (Å²) < 4.78 is 7.15. The van der Waals surface area contributed by atoms with Crippen LogP contribution in [0.2, 0.25) is 0 Å². The molecule has 0 aliphatic rings. The van der Waals surface area contributed by atoms with Crippen molar-refractivity contribution in [3.8, 4) is 11.4 Å². The van der Waals surface area contributed by atoms with Crippen molar-refractivity contribution < 1.29 is 9.53 Å². The first kappa shape index (κ1) is 17.6. The third kappa shape index (κ3) is 3.53. The number of aromatic amines is 1. The van der Waals surface area contributed by atoms with Gasteiger partial charge in [0.1, 0.15) is 5.75 Å². The molecule has 28 heavy (non-hydrogen) atoms. The zero-order chi connectivity index (χ0) is 19.5. The smallest absolute Gasteiger partial charge is 0.330 e. The first-order valence-corrected chi connectivity index (χ1v) is 8.90. The fourth-order valence-corrected chi connectivity index (χ4v) is 3.12. The van der Waals surface area contributed by atoms with Crippen LogP contribution < -0.4 is 15.7 Å². The third-order valence-electron chi connectivity index (χ3n) is 4.47. The number of carbonyl (C=O) groups is 1. The van der Waals surface area contributed by atoms with E-state index in [0.717, 1.165) is 16.5 Å². The van der Waals surface area contributed by atoms with Crippen LogP contribution in [0.15, 0.2) is 77.7 Å². The molecule has 0 atom stereocenters. The Morgan fingerprint density at radius 2 is 1.79 bits per heavy atom. The van der Waals surface area contributed by atoms with Crippen molar-refractivity contribution in [2.24, 2.45) is 0 Å². The summed E-state index contributed by atoms with van der Waals surface area (Å²) in [6.07, 6.45) is 1.63. The minimum absolute atomic E-state index is 0.131. The van der Waals surface area contributed by atoms with Gasteiger partial charge in [0.05, 0.1) is 11.4 Å². The van der Waals surface area contributed by atoms with E-state index >= 15 is 0 Å². The van der Waals surface area contributed by atoms with Gasteiger partial charge in [-0.3, -0.25) is 9.36 Å². The molecule has 0 aliphatic heterocycles. The lowest BCUT2D eigenvalue weighted by Crippen LogP contribution is -2.23. The van der Waals surface area contributed by atoms with Crippen molar-refractivity contribution >= 4 is 22.4 Å². The molecular formula is C22H19N3O3. The number of aromatic nitrogens is 2. The zero-order valence-corrected chi connectivity index (χ0v) is 15.3. The fraction of sp³-hybridized carbons (Fsp3) is 0.0909. The summed E-state index contributed by atoms with van der Waals surface area (Å²) in [5, 5.41) is 4.98. The number of imidazole rings is 1. The van der Waals surface area contributed by atoms with E-state index in [2.05, 4.69) is 10.3 Å². The van der Waals surface area contributed by atoms with Crippen LogP contribution in [0.1, 0.15) is 5.69 Å². The molecule has 6 heteroatoms. The zero-order valence-electron chi connectivity index (χ0n) is 15.3. The van der Waals surface area contributed by atoms with Gasteiger partial charge in [0.15, 0.2) is 6.61 Å². The van der Waals surface area contributed by atoms with Crippen molar-refractivity contribution in [2.45, 2.75) is 6.92 Å². The highest BCUT2D eigenvalue weighted by Gasteiger charge is 2.12. The van der Waals surface area contributed by atoms with Crippen molar-refractivity contribution in [1.82, 2.24) is 9.55 Å². The lowest BCUT2D eigenvalue weighted by Gasteiger charge is -2.13. The quantitative estimate of drug-likeness (QED) is 0.561. The molecule has 0 fully saturated rings. The number of rotatable bonds is 5. The molecule has 4 rings (SSSR count). The van der Waals surface area contributed by atoms with E-state index in [0.29, 0.717) is 17.1 Å². The standard InChI is InChI=1S/C22H19N3O3/c1-15-13-23-22(27)25(15)20-9-5-4-8-19(20)24-21(26)14-28-18-11-10-16-6-2-3-7-17(16)12-18/h2-13H,14H2,1H3,(H,23,27)(H,24,26). The van der Waals surface area contributed by atoms with Crippen molar-refractivity contribution in [3.05, 3.63) is 89.1 Å². The Bertz CT molecular complexity index is 1210. The van der Waals surface area contributed by atoms with Crippen molar-refractivity contribution in [3.63, 3.8) is 0 Å². The second kappa shape index (κ2) is 7.44. The maximum absolute atomic E-state index is 12.4. The van der Waals surface area contributed by atoms with Crippen LogP contribution in [0.3, 0.4) is 0 Å². The molecule has 2 N–H and O–H groups in total. The van der Waals surface area contributed by atoms with Gasteiger partial charge in [-0.15, -0.1) is 0 Å². The predicted octanol–water partition coefficient (Wildman–Crippen LogP) is 3.64. The number of hydrogen-bond acceptors (Lipinski definition) is 3. The lowest BCUT2D eigenvalue weighted by molar-refractivity contribution is -0.118. The van der Waals surface area contributed by atoms with E-state index in [1.165, 1.54) is 4.57 Å². The van der Waals surface area contributed by atoms with Gasteiger partial charge < -0.3 is 15.0 Å². The number of carbonyl (C=O) groups excluding carboxylic acids is 1. The molecule has 0 saturated heterocycles. The molecule has 0 unspecified atom stereocenters. The highest BCUT2D eigenvalue weighted by Crippen LogP contribution is 2.22. The molecule has 6 nitrogen and oxygen atoms in total. The van der Waals surface area contributed by atoms with Crippen LogP contribution in [0.5, 0.6) is 5.75 Å². The maximum Gasteiger partial charge on any atom is 0.330 e. The van der Waals surface area contributed by atoms with Crippen LogP contribution in [0.25, 0.3) is 16.5 Å². The highest BCUT2D eigenvalue weighted by molar-refractivity contribution is 5.94. The van der Waals surface area contributed by atoms with Gasteiger partial charge >= 0.3 is 5.69 Å². The molecule has 0 spiro atoms. The van der Waals surface area contributed by atoms with Crippen molar-refractivity contribution in [2.75, 3.05) is 11.9 Å². The van der Waals surface area contributed by atoms with E-state index in [9.17, 15) is 9.59 Å². The maximum atomic E-state index is 12.4. The van der Waals surface area contributed by atoms with Gasteiger partial charge in [0.2, 0.25) is 0 Å². The minimum atomic E-state index is -0.304. The minimum Gasteiger partial charge on any atom is -0.484 e. The van der Waals surface area contributed by atoms with Gasteiger partial charge in [-0.2, -0.15) is 0 Å². The summed E-state index contributed by atoms with van der Waals surface area (Å²) in [5.41, 5.74) is 1.63. The summed E-state index contributed by atoms with van der Waals surface area (Å²) in [7, 11) is 0. The van der Waals surface area contributed by atoms with Gasteiger partial charge in [-0.25, -0.2) is 4.79 Å². The highest BCUT2D eigenvalue weighted by atomic mass is 16.5. The second-order valence-electron chi connectivity index (χ2n) is 6.43. The van der Waals surface area contributed by atoms with Gasteiger partial charge in [0.25, 0.3) is 5.91 Å². The Labute approximate surface area is 161 Å².